The SMILES string of the molecule is Cc1noc(-c2ccc(Oc3cc(-c4nnc(C5CCN(C(=O)OC(C)(C)C)CC5)s4)ccc3CN3C[C@H](c4ccccc4)CC3=O)cc2)n1. The van der Waals surface area contributed by atoms with Gasteiger partial charge in [-0.3, -0.25) is 4.79 Å². The van der Waals surface area contributed by atoms with E-state index < -0.39 is 5.60 Å². The lowest BCUT2D eigenvalue weighted by Crippen LogP contribution is -2.41. The summed E-state index contributed by atoms with van der Waals surface area (Å²) in [7, 11) is 0. The van der Waals surface area contributed by atoms with Crippen molar-refractivity contribution in [3.05, 3.63) is 94.8 Å². The molecule has 50 heavy (non-hydrogen) atoms. The summed E-state index contributed by atoms with van der Waals surface area (Å²) in [5.74, 6) is 2.78. The van der Waals surface area contributed by atoms with Gasteiger partial charge in [0.1, 0.15) is 27.1 Å². The lowest BCUT2D eigenvalue weighted by atomic mass is 9.98. The summed E-state index contributed by atoms with van der Waals surface area (Å²) in [4.78, 5) is 33.7. The molecule has 12 heteroatoms. The number of hydrogen-bond acceptors (Lipinski definition) is 10. The zero-order chi connectivity index (χ0) is 34.8. The minimum Gasteiger partial charge on any atom is -0.457 e. The van der Waals surface area contributed by atoms with Crippen molar-refractivity contribution in [3.8, 4) is 33.5 Å². The summed E-state index contributed by atoms with van der Waals surface area (Å²) in [6, 6.07) is 23.7. The first-order valence-corrected chi connectivity index (χ1v) is 17.8. The molecule has 7 rings (SSSR count). The quantitative estimate of drug-likeness (QED) is 0.159. The summed E-state index contributed by atoms with van der Waals surface area (Å²) in [5.41, 5.74) is 3.22. The van der Waals surface area contributed by atoms with Gasteiger partial charge in [0.05, 0.1) is 0 Å². The van der Waals surface area contributed by atoms with E-state index in [2.05, 4.69) is 32.5 Å². The zero-order valence-electron chi connectivity index (χ0n) is 28.7. The fourth-order valence-corrected chi connectivity index (χ4v) is 7.36. The van der Waals surface area contributed by atoms with Crippen molar-refractivity contribution < 1.29 is 23.6 Å². The van der Waals surface area contributed by atoms with Crippen molar-refractivity contribution >= 4 is 23.3 Å². The van der Waals surface area contributed by atoms with E-state index in [1.807, 2.05) is 86.3 Å². The van der Waals surface area contributed by atoms with Gasteiger partial charge >= 0.3 is 6.09 Å². The maximum absolute atomic E-state index is 13.2. The molecule has 5 aromatic rings. The average Bonchev–Trinajstić information content (AvgIpc) is 3.86. The van der Waals surface area contributed by atoms with Crippen molar-refractivity contribution in [2.24, 2.45) is 0 Å². The maximum Gasteiger partial charge on any atom is 0.410 e. The number of aromatic nitrogens is 4. The lowest BCUT2D eigenvalue weighted by molar-refractivity contribution is -0.128. The number of hydrogen-bond donors (Lipinski definition) is 0. The van der Waals surface area contributed by atoms with Gasteiger partial charge in [0.2, 0.25) is 5.91 Å². The van der Waals surface area contributed by atoms with Gasteiger partial charge in [-0.25, -0.2) is 4.79 Å². The highest BCUT2D eigenvalue weighted by atomic mass is 32.1. The minimum atomic E-state index is -0.521. The summed E-state index contributed by atoms with van der Waals surface area (Å²) < 4.78 is 17.4. The summed E-state index contributed by atoms with van der Waals surface area (Å²) in [6.07, 6.45) is 1.81. The van der Waals surface area contributed by atoms with Crippen LogP contribution in [-0.4, -0.2) is 67.4 Å². The monoisotopic (exact) mass is 692 g/mol. The Morgan fingerprint density at radius 3 is 2.40 bits per heavy atom. The summed E-state index contributed by atoms with van der Waals surface area (Å²) in [6.45, 7) is 9.73. The molecule has 0 radical (unpaired) electrons. The van der Waals surface area contributed by atoms with Crippen LogP contribution in [0.4, 0.5) is 4.79 Å². The molecule has 0 saturated carbocycles. The molecule has 1 atom stereocenters. The van der Waals surface area contributed by atoms with Crippen molar-refractivity contribution in [1.29, 1.82) is 0 Å². The molecule has 2 aliphatic heterocycles. The van der Waals surface area contributed by atoms with Gasteiger partial charge in [-0.1, -0.05) is 59.0 Å². The molecule has 2 aliphatic rings. The molecule has 0 bridgehead atoms. The first-order chi connectivity index (χ1) is 24.1. The molecule has 2 aromatic heterocycles. The zero-order valence-corrected chi connectivity index (χ0v) is 29.5. The molecule has 0 spiro atoms. The molecule has 2 amide bonds. The predicted molar refractivity (Wildman–Crippen MR) is 189 cm³/mol. The molecule has 4 heterocycles. The van der Waals surface area contributed by atoms with Gasteiger partial charge in [0.15, 0.2) is 5.82 Å². The molecular weight excluding hydrogens is 653 g/mol. The van der Waals surface area contributed by atoms with E-state index in [1.54, 1.807) is 23.2 Å². The highest BCUT2D eigenvalue weighted by Gasteiger charge is 2.32. The molecule has 2 fully saturated rings. The second kappa shape index (κ2) is 14.0. The van der Waals surface area contributed by atoms with Crippen molar-refractivity contribution in [2.45, 2.75) is 70.9 Å². The number of amides is 2. The maximum atomic E-state index is 13.2. The lowest BCUT2D eigenvalue weighted by Gasteiger charge is -2.32. The van der Waals surface area contributed by atoms with Gasteiger partial charge in [0, 0.05) is 61.1 Å². The van der Waals surface area contributed by atoms with Crippen LogP contribution in [0.15, 0.2) is 77.3 Å². The van der Waals surface area contributed by atoms with Gasteiger partial charge < -0.3 is 23.8 Å². The topological polar surface area (TPSA) is 124 Å². The Morgan fingerprint density at radius 1 is 0.960 bits per heavy atom. The van der Waals surface area contributed by atoms with Crippen LogP contribution < -0.4 is 4.74 Å². The smallest absolute Gasteiger partial charge is 0.410 e. The Balaban J connectivity index is 1.10. The van der Waals surface area contributed by atoms with E-state index in [9.17, 15) is 9.59 Å². The van der Waals surface area contributed by atoms with E-state index in [4.69, 9.17) is 14.0 Å². The Hall–Kier alpha value is -5.10. The molecule has 0 N–H and O–H groups in total. The van der Waals surface area contributed by atoms with Crippen LogP contribution in [0.1, 0.15) is 73.8 Å². The molecule has 11 nitrogen and oxygen atoms in total. The molecule has 0 unspecified atom stereocenters. The van der Waals surface area contributed by atoms with Crippen LogP contribution in [0, 0.1) is 6.92 Å². The van der Waals surface area contributed by atoms with Gasteiger partial charge in [-0.05, 0) is 76.4 Å². The highest BCUT2D eigenvalue weighted by Crippen LogP contribution is 2.38. The third-order valence-electron chi connectivity index (χ3n) is 8.95. The first-order valence-electron chi connectivity index (χ1n) is 16.9. The minimum absolute atomic E-state index is 0.125. The third kappa shape index (κ3) is 7.70. The van der Waals surface area contributed by atoms with E-state index in [0.29, 0.717) is 55.8 Å². The molecule has 3 aromatic carbocycles. The Morgan fingerprint density at radius 2 is 1.70 bits per heavy atom. The van der Waals surface area contributed by atoms with Crippen LogP contribution in [0.3, 0.4) is 0 Å². The summed E-state index contributed by atoms with van der Waals surface area (Å²) in [5, 5.41) is 14.8. The second-order valence-corrected chi connectivity index (χ2v) is 14.9. The summed E-state index contributed by atoms with van der Waals surface area (Å²) >= 11 is 1.57. The van der Waals surface area contributed by atoms with Crippen LogP contribution in [0.2, 0.25) is 0 Å². The number of aryl methyl sites for hydroxylation is 1. The Bertz CT molecular complexity index is 1960. The van der Waals surface area contributed by atoms with Crippen LogP contribution in [0.5, 0.6) is 11.5 Å². The predicted octanol–water partition coefficient (Wildman–Crippen LogP) is 7.99. The van der Waals surface area contributed by atoms with E-state index in [1.165, 1.54) is 5.56 Å². The fourth-order valence-electron chi connectivity index (χ4n) is 6.35. The molecule has 258 valence electrons. The van der Waals surface area contributed by atoms with Crippen LogP contribution >= 0.6 is 11.3 Å². The first kappa shape index (κ1) is 33.4. The third-order valence-corrected chi connectivity index (χ3v) is 10.1. The molecular formula is C38H40N6O5S. The molecule has 2 saturated heterocycles. The fraction of sp³-hybridized carbons (Fsp3) is 0.368. The van der Waals surface area contributed by atoms with Crippen LogP contribution in [-0.2, 0) is 16.1 Å². The number of benzene rings is 3. The van der Waals surface area contributed by atoms with E-state index in [0.717, 1.165) is 39.5 Å². The number of carbonyl (C=O) groups is 2. The highest BCUT2D eigenvalue weighted by molar-refractivity contribution is 7.14. The number of piperidine rings is 1. The number of likely N-dealkylation sites (tertiary alicyclic amines) is 2. The largest absolute Gasteiger partial charge is 0.457 e. The van der Waals surface area contributed by atoms with Crippen molar-refractivity contribution in [2.75, 3.05) is 19.6 Å². The normalized spacial score (nSPS) is 17.0. The van der Waals surface area contributed by atoms with Crippen molar-refractivity contribution in [3.63, 3.8) is 0 Å². The number of nitrogens with zero attached hydrogens (tertiary/aromatic N) is 6. The van der Waals surface area contributed by atoms with Gasteiger partial charge in [-0.2, -0.15) is 4.98 Å². The molecule has 0 aliphatic carbocycles. The average molecular weight is 693 g/mol. The number of carbonyl (C=O) groups excluding carboxylic acids is 2. The van der Waals surface area contributed by atoms with Gasteiger partial charge in [-0.15, -0.1) is 10.2 Å². The van der Waals surface area contributed by atoms with Gasteiger partial charge in [0.25, 0.3) is 5.89 Å². The standard InChI is InChI=1S/C38H40N6O5S/c1-24-39-34(49-42-24)26-12-14-31(15-13-26)47-32-20-28(10-11-29(32)22-44-23-30(21-33(44)45)25-8-6-5-7-9-25)36-41-40-35(50-36)27-16-18-43(19-17-27)37(46)48-38(2,3)4/h5-15,20,27,30H,16-19,21-23H2,1-4H3/t30-/m1/s1. The Kier molecular flexibility index (Phi) is 9.37. The Labute approximate surface area is 295 Å². The van der Waals surface area contributed by atoms with Crippen molar-refractivity contribution in [1.82, 2.24) is 30.1 Å². The number of rotatable bonds is 8. The van der Waals surface area contributed by atoms with E-state index >= 15 is 0 Å². The van der Waals surface area contributed by atoms with E-state index in [-0.39, 0.29) is 23.8 Å². The second-order valence-electron chi connectivity index (χ2n) is 13.9. The van der Waals surface area contributed by atoms with Crippen LogP contribution in [0.25, 0.3) is 22.0 Å². The number of ether oxygens (including phenoxy) is 2.